The van der Waals surface area contributed by atoms with Gasteiger partial charge in [-0.25, -0.2) is 0 Å². The Bertz CT molecular complexity index is 610. The van der Waals surface area contributed by atoms with Gasteiger partial charge in [0.25, 0.3) is 0 Å². The first-order valence-electron chi connectivity index (χ1n) is 10.3. The van der Waals surface area contributed by atoms with Crippen LogP contribution in [0.3, 0.4) is 0 Å². The highest BCUT2D eigenvalue weighted by molar-refractivity contribution is 8.00. The van der Waals surface area contributed by atoms with Crippen molar-refractivity contribution in [3.8, 4) is 0 Å². The number of rotatable bonds is 10. The number of amides is 1. The Morgan fingerprint density at radius 3 is 2.86 bits per heavy atom. The van der Waals surface area contributed by atoms with Crippen molar-refractivity contribution in [2.24, 2.45) is 16.6 Å². The minimum absolute atomic E-state index is 0.0178. The number of likely N-dealkylation sites (tertiary alicyclic amines) is 1. The Hall–Kier alpha value is -1.73. The maximum Gasteiger partial charge on any atom is 0.221 e. The van der Waals surface area contributed by atoms with Crippen LogP contribution in [-0.4, -0.2) is 61.3 Å². The third-order valence-corrected chi connectivity index (χ3v) is 5.88. The fourth-order valence-electron chi connectivity index (χ4n) is 3.33. The number of nitrogens with one attached hydrogen (secondary N) is 2. The molecule has 6 nitrogen and oxygen atoms in total. The normalized spacial score (nSPS) is 19.2. The van der Waals surface area contributed by atoms with E-state index in [0.717, 1.165) is 64.5 Å². The van der Waals surface area contributed by atoms with Gasteiger partial charge in [-0.3, -0.25) is 9.79 Å². The van der Waals surface area contributed by atoms with Crippen molar-refractivity contribution in [3.63, 3.8) is 0 Å². The monoisotopic (exact) mass is 405 g/mol. The molecule has 1 heterocycles. The summed E-state index contributed by atoms with van der Waals surface area (Å²) in [6.07, 6.45) is 3.01. The molecule has 1 aromatic carbocycles. The van der Waals surface area contributed by atoms with E-state index in [1.54, 1.807) is 0 Å². The molecule has 0 aliphatic carbocycles. The number of carbonyl (C=O) groups excluding carboxylic acids is 1. The van der Waals surface area contributed by atoms with Crippen LogP contribution < -0.4 is 16.4 Å². The average molecular weight is 406 g/mol. The number of benzene rings is 1. The molecule has 1 fully saturated rings. The van der Waals surface area contributed by atoms with Crippen LogP contribution in [0, 0.1) is 5.92 Å². The van der Waals surface area contributed by atoms with E-state index in [1.165, 1.54) is 4.90 Å². The van der Waals surface area contributed by atoms with Crippen LogP contribution in [0.5, 0.6) is 0 Å². The molecule has 0 saturated carbocycles. The zero-order chi connectivity index (χ0) is 20.2. The van der Waals surface area contributed by atoms with Crippen LogP contribution in [0.15, 0.2) is 40.2 Å². The van der Waals surface area contributed by atoms with Gasteiger partial charge in [0.1, 0.15) is 0 Å². The number of piperidine rings is 1. The highest BCUT2D eigenvalue weighted by Crippen LogP contribution is 2.22. The van der Waals surface area contributed by atoms with E-state index in [9.17, 15) is 4.79 Å². The molecule has 0 bridgehead atoms. The second-order valence-electron chi connectivity index (χ2n) is 7.28. The predicted molar refractivity (Wildman–Crippen MR) is 119 cm³/mol. The predicted octanol–water partition coefficient (Wildman–Crippen LogP) is 2.31. The summed E-state index contributed by atoms with van der Waals surface area (Å²) >= 11 is 1.85. The van der Waals surface area contributed by atoms with Gasteiger partial charge in [0, 0.05) is 29.8 Å². The Morgan fingerprint density at radius 2 is 2.14 bits per heavy atom. The third-order valence-electron chi connectivity index (χ3n) is 4.78. The molecule has 0 radical (unpaired) electrons. The zero-order valence-electron chi connectivity index (χ0n) is 17.2. The van der Waals surface area contributed by atoms with Gasteiger partial charge in [0.2, 0.25) is 5.91 Å². The largest absolute Gasteiger partial charge is 0.369 e. The molecule has 1 amide bonds. The molecule has 7 heteroatoms. The van der Waals surface area contributed by atoms with Crippen LogP contribution in [0.1, 0.15) is 33.1 Å². The number of hydrogen-bond acceptors (Lipinski definition) is 4. The maximum absolute atomic E-state index is 11.4. The van der Waals surface area contributed by atoms with Crippen molar-refractivity contribution in [2.75, 3.05) is 39.3 Å². The summed E-state index contributed by atoms with van der Waals surface area (Å²) in [7, 11) is 0. The van der Waals surface area contributed by atoms with Crippen LogP contribution in [0.25, 0.3) is 0 Å². The number of guanidine groups is 1. The number of hydrogen-bond donors (Lipinski definition) is 3. The number of thioether (sulfide) groups is 1. The summed E-state index contributed by atoms with van der Waals surface area (Å²) < 4.78 is 0. The van der Waals surface area contributed by atoms with E-state index in [1.807, 2.05) is 17.8 Å². The first-order chi connectivity index (χ1) is 13.6. The zero-order valence-corrected chi connectivity index (χ0v) is 18.0. The summed E-state index contributed by atoms with van der Waals surface area (Å²) in [5.41, 5.74) is 5.46. The fourth-order valence-corrected chi connectivity index (χ4v) is 4.26. The van der Waals surface area contributed by atoms with E-state index in [0.29, 0.717) is 5.25 Å². The number of nitrogens with two attached hydrogens (primary N) is 1. The summed E-state index contributed by atoms with van der Waals surface area (Å²) in [6.45, 7) is 9.61. The van der Waals surface area contributed by atoms with Crippen molar-refractivity contribution in [1.29, 1.82) is 0 Å². The van der Waals surface area contributed by atoms with E-state index in [2.05, 4.69) is 53.6 Å². The fraction of sp³-hybridized carbons (Fsp3) is 0.619. The highest BCUT2D eigenvalue weighted by Gasteiger charge is 2.23. The minimum atomic E-state index is -0.160. The van der Waals surface area contributed by atoms with Crippen LogP contribution in [0.2, 0.25) is 0 Å². The maximum atomic E-state index is 11.4. The number of carbonyl (C=O) groups is 1. The van der Waals surface area contributed by atoms with Crippen molar-refractivity contribution < 1.29 is 4.79 Å². The molecular formula is C21H35N5OS. The second kappa shape index (κ2) is 12.7. The van der Waals surface area contributed by atoms with Gasteiger partial charge in [-0.2, -0.15) is 0 Å². The average Bonchev–Trinajstić information content (AvgIpc) is 2.70. The summed E-state index contributed by atoms with van der Waals surface area (Å²) in [5.74, 6) is 0.729. The van der Waals surface area contributed by atoms with E-state index in [-0.39, 0.29) is 11.8 Å². The summed E-state index contributed by atoms with van der Waals surface area (Å²) in [4.78, 5) is 19.7. The first kappa shape index (κ1) is 22.6. The molecule has 1 saturated heterocycles. The molecule has 4 N–H and O–H groups in total. The van der Waals surface area contributed by atoms with Gasteiger partial charge in [-0.05, 0) is 51.4 Å². The lowest BCUT2D eigenvalue weighted by Crippen LogP contribution is -2.43. The Balaban J connectivity index is 1.69. The first-order valence-corrected chi connectivity index (χ1v) is 11.2. The van der Waals surface area contributed by atoms with Crippen molar-refractivity contribution in [3.05, 3.63) is 30.3 Å². The van der Waals surface area contributed by atoms with E-state index in [4.69, 9.17) is 10.7 Å². The highest BCUT2D eigenvalue weighted by atomic mass is 32.2. The molecule has 156 valence electrons. The standard InChI is InChI=1S/C21H35N5OS/c1-3-23-21(25-15-17(2)28-19-10-5-4-6-11-19)24-12-8-14-26-13-7-9-18(16-26)20(22)27/h4-6,10-11,17-18H,3,7-9,12-16H2,1-2H3,(H2,22,27)(H2,23,24,25). The Morgan fingerprint density at radius 1 is 1.36 bits per heavy atom. The van der Waals surface area contributed by atoms with Crippen LogP contribution >= 0.6 is 11.8 Å². The molecule has 0 spiro atoms. The van der Waals surface area contributed by atoms with Crippen molar-refractivity contribution >= 4 is 23.6 Å². The molecule has 2 rings (SSSR count). The minimum Gasteiger partial charge on any atom is -0.369 e. The Labute approximate surface area is 173 Å². The van der Waals surface area contributed by atoms with E-state index < -0.39 is 0 Å². The number of aliphatic imine (C=N–C) groups is 1. The van der Waals surface area contributed by atoms with Gasteiger partial charge < -0.3 is 21.3 Å². The summed E-state index contributed by atoms with van der Waals surface area (Å²) in [6, 6.07) is 10.4. The summed E-state index contributed by atoms with van der Waals surface area (Å²) in [5, 5.41) is 7.16. The van der Waals surface area contributed by atoms with Gasteiger partial charge >= 0.3 is 0 Å². The lowest BCUT2D eigenvalue weighted by atomic mass is 9.97. The Kier molecular flexibility index (Phi) is 10.2. The molecule has 0 aromatic heterocycles. The molecule has 1 aliphatic rings. The number of primary amides is 1. The molecule has 2 atom stereocenters. The van der Waals surface area contributed by atoms with Gasteiger partial charge in [0.05, 0.1) is 12.5 Å². The molecule has 28 heavy (non-hydrogen) atoms. The number of nitrogens with zero attached hydrogens (tertiary/aromatic N) is 2. The van der Waals surface area contributed by atoms with Gasteiger partial charge in [0.15, 0.2) is 5.96 Å². The van der Waals surface area contributed by atoms with Gasteiger partial charge in [-0.1, -0.05) is 25.1 Å². The third kappa shape index (κ3) is 8.52. The lowest BCUT2D eigenvalue weighted by Gasteiger charge is -2.31. The quantitative estimate of drug-likeness (QED) is 0.241. The van der Waals surface area contributed by atoms with Crippen LogP contribution in [0.4, 0.5) is 0 Å². The lowest BCUT2D eigenvalue weighted by molar-refractivity contribution is -0.123. The van der Waals surface area contributed by atoms with Crippen molar-refractivity contribution in [1.82, 2.24) is 15.5 Å². The molecule has 1 aliphatic heterocycles. The topological polar surface area (TPSA) is 82.8 Å². The van der Waals surface area contributed by atoms with Gasteiger partial charge in [-0.15, -0.1) is 11.8 Å². The molecule has 2 unspecified atom stereocenters. The van der Waals surface area contributed by atoms with E-state index >= 15 is 0 Å². The smallest absolute Gasteiger partial charge is 0.221 e. The van der Waals surface area contributed by atoms with Crippen LogP contribution in [-0.2, 0) is 4.79 Å². The van der Waals surface area contributed by atoms with Crippen molar-refractivity contribution in [2.45, 2.75) is 43.3 Å². The molecular weight excluding hydrogens is 370 g/mol. The molecule has 1 aromatic rings. The second-order valence-corrected chi connectivity index (χ2v) is 8.80. The SMILES string of the molecule is CCNC(=NCC(C)Sc1ccccc1)NCCCN1CCCC(C(N)=O)C1.